The minimum absolute atomic E-state index is 0.0188. The van der Waals surface area contributed by atoms with Crippen LogP contribution in [0, 0.1) is 0 Å². The molecule has 1 aliphatic rings. The average Bonchev–Trinajstić information content (AvgIpc) is 2.97. The van der Waals surface area contributed by atoms with Crippen molar-refractivity contribution in [3.05, 3.63) is 16.7 Å². The van der Waals surface area contributed by atoms with Crippen molar-refractivity contribution in [3.63, 3.8) is 0 Å². The number of nitrogens with zero attached hydrogens (tertiary/aromatic N) is 3. The van der Waals surface area contributed by atoms with E-state index in [4.69, 9.17) is 20.3 Å². The number of nitrogen functional groups attached to an aromatic ring is 1. The second-order valence-corrected chi connectivity index (χ2v) is 6.65. The highest BCUT2D eigenvalue weighted by Crippen LogP contribution is 2.48. The third kappa shape index (κ3) is 2.70. The van der Waals surface area contributed by atoms with Gasteiger partial charge in [-0.2, -0.15) is 4.98 Å². The van der Waals surface area contributed by atoms with Crippen molar-refractivity contribution in [2.45, 2.75) is 31.3 Å². The lowest BCUT2D eigenvalue weighted by Crippen LogP contribution is -2.18. The SMILES string of the molecule is Nc1nc2c(ncn2C[C@H]2CC[C@H](P(=O)(O)O)O2)c(=O)[nH]1. The van der Waals surface area contributed by atoms with Crippen molar-refractivity contribution in [1.82, 2.24) is 19.5 Å². The van der Waals surface area contributed by atoms with Crippen molar-refractivity contribution in [1.29, 1.82) is 0 Å². The number of imidazole rings is 1. The normalized spacial score (nSPS) is 23.0. The van der Waals surface area contributed by atoms with Gasteiger partial charge >= 0.3 is 7.60 Å². The van der Waals surface area contributed by atoms with Crippen molar-refractivity contribution in [2.75, 3.05) is 5.73 Å². The Bertz CT molecular complexity index is 780. The molecule has 0 aromatic carbocycles. The molecule has 10 nitrogen and oxygen atoms in total. The van der Waals surface area contributed by atoms with Gasteiger partial charge in [-0.05, 0) is 12.8 Å². The zero-order chi connectivity index (χ0) is 15.2. The molecule has 1 aliphatic heterocycles. The van der Waals surface area contributed by atoms with Crippen LogP contribution in [0.4, 0.5) is 5.95 Å². The number of hydrogen-bond acceptors (Lipinski definition) is 6. The van der Waals surface area contributed by atoms with Gasteiger partial charge in [-0.25, -0.2) is 4.98 Å². The lowest BCUT2D eigenvalue weighted by molar-refractivity contribution is 0.0621. The van der Waals surface area contributed by atoms with Crippen LogP contribution in [0.5, 0.6) is 0 Å². The van der Waals surface area contributed by atoms with Crippen molar-refractivity contribution in [3.8, 4) is 0 Å². The van der Waals surface area contributed by atoms with E-state index in [0.29, 0.717) is 18.6 Å². The number of nitrogens with one attached hydrogen (secondary N) is 1. The number of hydrogen-bond donors (Lipinski definition) is 4. The Labute approximate surface area is 118 Å². The highest BCUT2D eigenvalue weighted by molar-refractivity contribution is 7.52. The maximum atomic E-state index is 11.6. The molecule has 21 heavy (non-hydrogen) atoms. The molecule has 0 radical (unpaired) electrons. The number of ether oxygens (including phenoxy) is 1. The Morgan fingerprint density at radius 1 is 1.52 bits per heavy atom. The molecule has 2 atom stereocenters. The third-order valence-corrected chi connectivity index (χ3v) is 4.48. The molecule has 1 saturated heterocycles. The van der Waals surface area contributed by atoms with Crippen molar-refractivity contribution in [2.24, 2.45) is 0 Å². The van der Waals surface area contributed by atoms with Crippen LogP contribution in [0.3, 0.4) is 0 Å². The summed E-state index contributed by atoms with van der Waals surface area (Å²) in [5.41, 5.74) is 5.54. The van der Waals surface area contributed by atoms with Gasteiger partial charge in [0.25, 0.3) is 5.56 Å². The zero-order valence-electron chi connectivity index (χ0n) is 10.8. The van der Waals surface area contributed by atoms with E-state index < -0.39 is 19.0 Å². The highest BCUT2D eigenvalue weighted by atomic mass is 31.2. The Morgan fingerprint density at radius 2 is 2.29 bits per heavy atom. The number of H-pyrrole nitrogens is 1. The topological polar surface area (TPSA) is 156 Å². The van der Waals surface area contributed by atoms with Gasteiger partial charge in [0, 0.05) is 0 Å². The lowest BCUT2D eigenvalue weighted by Gasteiger charge is -2.15. The fraction of sp³-hybridized carbons (Fsp3) is 0.500. The number of rotatable bonds is 3. The molecule has 0 bridgehead atoms. The molecule has 0 spiro atoms. The molecule has 2 aromatic heterocycles. The predicted molar refractivity (Wildman–Crippen MR) is 72.5 cm³/mol. The number of nitrogens with two attached hydrogens (primary N) is 1. The second-order valence-electron chi connectivity index (χ2n) is 4.90. The first-order chi connectivity index (χ1) is 9.84. The Balaban J connectivity index is 1.84. The van der Waals surface area contributed by atoms with Gasteiger partial charge in [-0.1, -0.05) is 0 Å². The summed E-state index contributed by atoms with van der Waals surface area (Å²) in [6.07, 6.45) is 1.86. The molecular weight excluding hydrogens is 301 g/mol. The largest absolute Gasteiger partial charge is 0.369 e. The fourth-order valence-corrected chi connectivity index (χ4v) is 3.21. The molecule has 0 unspecified atom stereocenters. The second kappa shape index (κ2) is 4.92. The predicted octanol–water partition coefficient (Wildman–Crippen LogP) is -0.615. The van der Waals surface area contributed by atoms with E-state index in [0.717, 1.165) is 0 Å². The molecule has 11 heteroatoms. The van der Waals surface area contributed by atoms with Crippen LogP contribution in [0.1, 0.15) is 12.8 Å². The maximum Gasteiger partial charge on any atom is 0.354 e. The molecule has 3 rings (SSSR count). The van der Waals surface area contributed by atoms with Crippen molar-refractivity contribution < 1.29 is 19.1 Å². The average molecular weight is 315 g/mol. The van der Waals surface area contributed by atoms with Crippen LogP contribution in [-0.4, -0.2) is 41.3 Å². The monoisotopic (exact) mass is 315 g/mol. The van der Waals surface area contributed by atoms with Crippen LogP contribution < -0.4 is 11.3 Å². The first-order valence-corrected chi connectivity index (χ1v) is 7.94. The van der Waals surface area contributed by atoms with E-state index in [1.807, 2.05) is 0 Å². The van der Waals surface area contributed by atoms with Gasteiger partial charge in [0.15, 0.2) is 17.0 Å². The summed E-state index contributed by atoms with van der Waals surface area (Å²) in [4.78, 5) is 40.2. The minimum atomic E-state index is -4.24. The third-order valence-electron chi connectivity index (χ3n) is 3.35. The summed E-state index contributed by atoms with van der Waals surface area (Å²) in [5, 5.41) is 0. The molecule has 0 aliphatic carbocycles. The Kier molecular flexibility index (Phi) is 3.33. The number of anilines is 1. The quantitative estimate of drug-likeness (QED) is 0.546. The summed E-state index contributed by atoms with van der Waals surface area (Å²) in [6, 6.07) is 0. The van der Waals surface area contributed by atoms with Crippen LogP contribution in [-0.2, 0) is 15.8 Å². The first-order valence-electron chi connectivity index (χ1n) is 6.26. The van der Waals surface area contributed by atoms with Crippen LogP contribution >= 0.6 is 7.60 Å². The maximum absolute atomic E-state index is 11.6. The molecule has 0 amide bonds. The van der Waals surface area contributed by atoms with E-state index in [1.165, 1.54) is 6.33 Å². The number of aromatic amines is 1. The Morgan fingerprint density at radius 3 is 2.95 bits per heavy atom. The van der Waals surface area contributed by atoms with Crippen LogP contribution in [0.25, 0.3) is 11.2 Å². The standard InChI is InChI=1S/C10H14N5O5P/c11-10-13-8-7(9(16)14-10)12-4-15(8)3-5-1-2-6(20-5)21(17,18)19/h4-6H,1-3H2,(H2,17,18,19)(H3,11,13,14,16)/t5-,6+/m1/s1. The van der Waals surface area contributed by atoms with E-state index >= 15 is 0 Å². The summed E-state index contributed by atoms with van der Waals surface area (Å²) in [5.74, 6) is -1.09. The summed E-state index contributed by atoms with van der Waals surface area (Å²) >= 11 is 0. The van der Waals surface area contributed by atoms with Gasteiger partial charge in [0.1, 0.15) is 0 Å². The first kappa shape index (κ1) is 14.2. The van der Waals surface area contributed by atoms with E-state index in [1.54, 1.807) is 4.57 Å². The van der Waals surface area contributed by atoms with Gasteiger partial charge in [-0.3, -0.25) is 14.3 Å². The summed E-state index contributed by atoms with van der Waals surface area (Å²) < 4.78 is 18.1. The molecule has 5 N–H and O–H groups in total. The van der Waals surface area contributed by atoms with E-state index in [-0.39, 0.29) is 24.0 Å². The molecule has 0 saturated carbocycles. The van der Waals surface area contributed by atoms with Crippen LogP contribution in [0.2, 0.25) is 0 Å². The van der Waals surface area contributed by atoms with Crippen LogP contribution in [0.15, 0.2) is 11.1 Å². The highest BCUT2D eigenvalue weighted by Gasteiger charge is 2.37. The molecule has 3 heterocycles. The number of fused-ring (bicyclic) bond motifs is 1. The van der Waals surface area contributed by atoms with E-state index in [2.05, 4.69) is 15.0 Å². The van der Waals surface area contributed by atoms with Gasteiger partial charge < -0.3 is 24.8 Å². The van der Waals surface area contributed by atoms with E-state index in [9.17, 15) is 9.36 Å². The number of aromatic nitrogens is 4. The minimum Gasteiger partial charge on any atom is -0.369 e. The summed E-state index contributed by atoms with van der Waals surface area (Å²) in [7, 11) is -4.24. The van der Waals surface area contributed by atoms with Gasteiger partial charge in [0.05, 0.1) is 19.0 Å². The smallest absolute Gasteiger partial charge is 0.354 e. The lowest BCUT2D eigenvalue weighted by atomic mass is 10.2. The summed E-state index contributed by atoms with van der Waals surface area (Å²) in [6.45, 7) is 0.295. The zero-order valence-corrected chi connectivity index (χ0v) is 11.7. The fourth-order valence-electron chi connectivity index (χ4n) is 2.39. The Hall–Kier alpha value is -1.74. The van der Waals surface area contributed by atoms with Gasteiger partial charge in [0.2, 0.25) is 5.95 Å². The molecule has 1 fully saturated rings. The van der Waals surface area contributed by atoms with Crippen molar-refractivity contribution >= 4 is 24.7 Å². The molecule has 2 aromatic rings. The molecule has 114 valence electrons. The van der Waals surface area contributed by atoms with Gasteiger partial charge in [-0.15, -0.1) is 0 Å². The molecular formula is C10H14N5O5P.